The van der Waals surface area contributed by atoms with Gasteiger partial charge in [-0.25, -0.2) is 0 Å². The number of rotatable bonds is 1. The molecule has 0 aromatic rings. The van der Waals surface area contributed by atoms with Crippen LogP contribution >= 0.6 is 0 Å². The van der Waals surface area contributed by atoms with Crippen LogP contribution in [0.4, 0.5) is 0 Å². The summed E-state index contributed by atoms with van der Waals surface area (Å²) in [6.07, 6.45) is 7.54. The zero-order valence-corrected chi connectivity index (χ0v) is 3.94. The van der Waals surface area contributed by atoms with E-state index in [1.165, 1.54) is 12.3 Å². The van der Waals surface area contributed by atoms with Crippen LogP contribution < -0.4 is 0 Å². The Morgan fingerprint density at radius 3 is 2.33 bits per heavy atom. The minimum atomic E-state index is 1.19. The highest BCUT2D eigenvalue weighted by molar-refractivity contribution is 5.35. The van der Waals surface area contributed by atoms with Gasteiger partial charge in [0.2, 0.25) is 0 Å². The molecule has 0 heteroatoms. The molecule has 0 fully saturated rings. The molecule has 0 heterocycles. The van der Waals surface area contributed by atoms with Crippen LogP contribution in [0.5, 0.6) is 0 Å². The van der Waals surface area contributed by atoms with Gasteiger partial charge in [0.15, 0.2) is 0 Å². The van der Waals surface area contributed by atoms with E-state index in [4.69, 9.17) is 0 Å². The average molecular weight is 80.1 g/mol. The van der Waals surface area contributed by atoms with E-state index < -0.39 is 0 Å². The minimum Gasteiger partial charge on any atom is -0.0833 e. The Hall–Kier alpha value is -0.260. The second kappa shape index (κ2) is 1.46. The van der Waals surface area contributed by atoms with Crippen molar-refractivity contribution in [2.24, 2.45) is 0 Å². The SMILES string of the molecule is CC[C]1[CH]C=C1. The minimum absolute atomic E-state index is 1.19. The second-order valence-electron chi connectivity index (χ2n) is 1.45. The van der Waals surface area contributed by atoms with Gasteiger partial charge in [-0.3, -0.25) is 0 Å². The standard InChI is InChI=1S/C6H8/c1-2-6-4-3-5-6/h3-5H,2H2,1H3. The number of allylic oxidation sites excluding steroid dienone is 2. The summed E-state index contributed by atoms with van der Waals surface area (Å²) in [5.41, 5.74) is 0. The molecule has 32 valence electrons. The molecule has 0 amide bonds. The van der Waals surface area contributed by atoms with Crippen LogP contribution in [-0.4, -0.2) is 0 Å². The summed E-state index contributed by atoms with van der Waals surface area (Å²) in [4.78, 5) is 0. The Morgan fingerprint density at radius 2 is 2.33 bits per heavy atom. The average Bonchev–Trinajstić information content (AvgIpc) is 1.31. The molecule has 0 spiro atoms. The Bertz CT molecular complexity index is 62.4. The maximum absolute atomic E-state index is 2.16. The van der Waals surface area contributed by atoms with Gasteiger partial charge in [0.25, 0.3) is 0 Å². The van der Waals surface area contributed by atoms with Crippen LogP contribution in [0.1, 0.15) is 13.3 Å². The summed E-state index contributed by atoms with van der Waals surface area (Å²) in [5.74, 6) is 1.47. The van der Waals surface area contributed by atoms with E-state index in [1.807, 2.05) is 0 Å². The molecule has 0 atom stereocenters. The van der Waals surface area contributed by atoms with Crippen molar-refractivity contribution in [2.75, 3.05) is 0 Å². The van der Waals surface area contributed by atoms with E-state index in [2.05, 4.69) is 25.5 Å². The highest BCUT2D eigenvalue weighted by atomic mass is 14.1. The molecule has 0 aromatic carbocycles. The molecule has 0 unspecified atom stereocenters. The van der Waals surface area contributed by atoms with Crippen LogP contribution in [0, 0.1) is 12.3 Å². The first-order valence-electron chi connectivity index (χ1n) is 2.30. The lowest BCUT2D eigenvalue weighted by atomic mass is 9.93. The monoisotopic (exact) mass is 80.1 g/mol. The maximum atomic E-state index is 2.16. The second-order valence-corrected chi connectivity index (χ2v) is 1.45. The molecule has 2 radical (unpaired) electrons. The molecule has 1 aliphatic carbocycles. The highest BCUT2D eigenvalue weighted by Gasteiger charge is 2.05. The summed E-state index contributed by atoms with van der Waals surface area (Å²) in [6.45, 7) is 2.16. The summed E-state index contributed by atoms with van der Waals surface area (Å²) in [5, 5.41) is 0. The summed E-state index contributed by atoms with van der Waals surface area (Å²) in [6, 6.07) is 0. The van der Waals surface area contributed by atoms with Gasteiger partial charge in [0.05, 0.1) is 0 Å². The first-order valence-corrected chi connectivity index (χ1v) is 2.30. The predicted molar refractivity (Wildman–Crippen MR) is 27.0 cm³/mol. The molecule has 0 bridgehead atoms. The van der Waals surface area contributed by atoms with Crippen molar-refractivity contribution in [2.45, 2.75) is 13.3 Å². The fourth-order valence-electron chi connectivity index (χ4n) is 0.468. The fourth-order valence-corrected chi connectivity index (χ4v) is 0.468. The summed E-state index contributed by atoms with van der Waals surface area (Å²) in [7, 11) is 0. The highest BCUT2D eigenvalue weighted by Crippen LogP contribution is 2.20. The van der Waals surface area contributed by atoms with Crippen LogP contribution in [0.2, 0.25) is 0 Å². The van der Waals surface area contributed by atoms with Gasteiger partial charge in [-0.05, 0) is 12.8 Å². The third-order valence-electron chi connectivity index (χ3n) is 1.03. The Morgan fingerprint density at radius 1 is 1.67 bits per heavy atom. The Kier molecular flexibility index (Phi) is 0.952. The molecule has 0 aromatic heterocycles. The number of hydrogen-bond acceptors (Lipinski definition) is 0. The van der Waals surface area contributed by atoms with Crippen molar-refractivity contribution in [1.82, 2.24) is 0 Å². The van der Waals surface area contributed by atoms with Crippen molar-refractivity contribution in [3.8, 4) is 0 Å². The normalized spacial score (nSPS) is 20.8. The smallest absolute Gasteiger partial charge is 0.00446 e. The maximum Gasteiger partial charge on any atom is 0.00446 e. The molecule has 1 aliphatic rings. The van der Waals surface area contributed by atoms with E-state index in [0.29, 0.717) is 0 Å². The van der Waals surface area contributed by atoms with Crippen molar-refractivity contribution in [1.29, 1.82) is 0 Å². The first-order chi connectivity index (χ1) is 2.93. The summed E-state index contributed by atoms with van der Waals surface area (Å²) >= 11 is 0. The zero-order valence-electron chi connectivity index (χ0n) is 3.94. The van der Waals surface area contributed by atoms with E-state index in [-0.39, 0.29) is 0 Å². The van der Waals surface area contributed by atoms with Crippen LogP contribution in [0.15, 0.2) is 12.2 Å². The van der Waals surface area contributed by atoms with Crippen LogP contribution in [0.3, 0.4) is 0 Å². The molecular weight excluding hydrogens is 72.1 g/mol. The fraction of sp³-hybridized carbons (Fsp3) is 0.333. The molecule has 6 heavy (non-hydrogen) atoms. The van der Waals surface area contributed by atoms with E-state index in [1.54, 1.807) is 0 Å². The van der Waals surface area contributed by atoms with Gasteiger partial charge in [-0.1, -0.05) is 19.1 Å². The van der Waals surface area contributed by atoms with Crippen molar-refractivity contribution in [3.63, 3.8) is 0 Å². The van der Waals surface area contributed by atoms with Crippen molar-refractivity contribution < 1.29 is 0 Å². The van der Waals surface area contributed by atoms with E-state index in [0.717, 1.165) is 0 Å². The molecule has 0 saturated heterocycles. The Balaban J connectivity index is 2.21. The third-order valence-corrected chi connectivity index (χ3v) is 1.03. The molecule has 1 rings (SSSR count). The van der Waals surface area contributed by atoms with Gasteiger partial charge < -0.3 is 0 Å². The quantitative estimate of drug-likeness (QED) is 0.450. The number of hydrogen-bond donors (Lipinski definition) is 0. The van der Waals surface area contributed by atoms with Crippen molar-refractivity contribution in [3.05, 3.63) is 24.5 Å². The van der Waals surface area contributed by atoms with Gasteiger partial charge in [-0.15, -0.1) is 0 Å². The Labute approximate surface area is 38.9 Å². The molecule has 0 N–H and O–H groups in total. The van der Waals surface area contributed by atoms with Gasteiger partial charge in [0.1, 0.15) is 0 Å². The lowest BCUT2D eigenvalue weighted by Crippen LogP contribution is -1.97. The van der Waals surface area contributed by atoms with Gasteiger partial charge in [0, 0.05) is 5.92 Å². The zero-order chi connectivity index (χ0) is 4.41. The first kappa shape index (κ1) is 3.91. The lowest BCUT2D eigenvalue weighted by Gasteiger charge is -2.11. The van der Waals surface area contributed by atoms with E-state index in [9.17, 15) is 0 Å². The van der Waals surface area contributed by atoms with Crippen LogP contribution in [0.25, 0.3) is 0 Å². The third kappa shape index (κ3) is 0.469. The molecule has 0 aliphatic heterocycles. The lowest BCUT2D eigenvalue weighted by molar-refractivity contribution is 0.980. The topological polar surface area (TPSA) is 0 Å². The summed E-state index contributed by atoms with van der Waals surface area (Å²) < 4.78 is 0. The van der Waals surface area contributed by atoms with Gasteiger partial charge in [-0.2, -0.15) is 0 Å². The largest absolute Gasteiger partial charge is 0.0833 e. The molecule has 0 nitrogen and oxygen atoms in total. The van der Waals surface area contributed by atoms with Crippen molar-refractivity contribution >= 4 is 0 Å². The molecular formula is C6H8. The predicted octanol–water partition coefficient (Wildman–Crippen LogP) is 1.74. The van der Waals surface area contributed by atoms with Crippen LogP contribution in [-0.2, 0) is 0 Å². The molecule has 0 saturated carbocycles. The van der Waals surface area contributed by atoms with Gasteiger partial charge >= 0.3 is 0 Å². The van der Waals surface area contributed by atoms with E-state index >= 15 is 0 Å².